The summed E-state index contributed by atoms with van der Waals surface area (Å²) in [7, 11) is 1.59. The van der Waals surface area contributed by atoms with Crippen LogP contribution in [0, 0.1) is 5.92 Å². The number of hydrogen-bond acceptors (Lipinski definition) is 4. The zero-order valence-electron chi connectivity index (χ0n) is 17.5. The average molecular weight is 461 g/mol. The van der Waals surface area contributed by atoms with Crippen molar-refractivity contribution in [3.63, 3.8) is 0 Å². The summed E-state index contributed by atoms with van der Waals surface area (Å²) in [5.41, 5.74) is 0.388. The smallest absolute Gasteiger partial charge is 0.303 e. The van der Waals surface area contributed by atoms with E-state index in [-0.39, 0.29) is 23.8 Å². The van der Waals surface area contributed by atoms with Gasteiger partial charge in [-0.1, -0.05) is 43.0 Å². The Balaban J connectivity index is 2.98. The van der Waals surface area contributed by atoms with Crippen LogP contribution in [-0.4, -0.2) is 54.6 Å². The van der Waals surface area contributed by atoms with Gasteiger partial charge in [-0.25, -0.2) is 0 Å². The molecule has 0 aliphatic heterocycles. The van der Waals surface area contributed by atoms with Crippen LogP contribution < -0.4 is 5.32 Å². The number of carbonyl (C=O) groups excluding carboxylic acids is 2. The highest BCUT2D eigenvalue weighted by Crippen LogP contribution is 2.26. The van der Waals surface area contributed by atoms with Crippen LogP contribution in [-0.2, 0) is 19.1 Å². The van der Waals surface area contributed by atoms with Gasteiger partial charge < -0.3 is 20.1 Å². The van der Waals surface area contributed by atoms with E-state index in [1.807, 2.05) is 0 Å². The van der Waals surface area contributed by atoms with E-state index >= 15 is 0 Å². The van der Waals surface area contributed by atoms with Crippen LogP contribution in [0.5, 0.6) is 0 Å². The number of aliphatic carboxylic acids is 1. The lowest BCUT2D eigenvalue weighted by Crippen LogP contribution is -2.43. The Kier molecular flexibility index (Phi) is 12.4. The average Bonchev–Trinajstić information content (AvgIpc) is 2.69. The summed E-state index contributed by atoms with van der Waals surface area (Å²) in [6.45, 7) is 3.52. The van der Waals surface area contributed by atoms with Crippen molar-refractivity contribution in [2.24, 2.45) is 5.92 Å². The highest BCUT2D eigenvalue weighted by Gasteiger charge is 2.31. The number of unbranched alkanes of at least 4 members (excludes halogenated alkanes) is 2. The molecule has 0 fully saturated rings. The van der Waals surface area contributed by atoms with E-state index < -0.39 is 17.8 Å². The summed E-state index contributed by atoms with van der Waals surface area (Å²) in [6.07, 6.45) is 3.04. The summed E-state index contributed by atoms with van der Waals surface area (Å²) >= 11 is 11.9. The Morgan fingerprint density at radius 3 is 2.43 bits per heavy atom. The maximum atomic E-state index is 13.2. The standard InChI is InChI=1S/C21H30Cl2N2O5/c1-3-4-5-11-25(12-6-13-30-2)21(29)16(8-10-19(26)27)20(28)24-15-7-9-17(22)18(23)14-15/h7,9,14,16H,3-6,8,10-13H2,1-2H3,(H,24,28)(H,26,27). The fourth-order valence-electron chi connectivity index (χ4n) is 2.94. The fourth-order valence-corrected chi connectivity index (χ4v) is 3.24. The summed E-state index contributed by atoms with van der Waals surface area (Å²) in [5, 5.41) is 12.3. The Hall–Kier alpha value is -1.83. The van der Waals surface area contributed by atoms with Crippen molar-refractivity contribution in [1.29, 1.82) is 0 Å². The lowest BCUT2D eigenvalue weighted by Gasteiger charge is -2.27. The minimum absolute atomic E-state index is 0.0874. The second-order valence-corrected chi connectivity index (χ2v) is 7.80. The molecule has 0 heterocycles. The van der Waals surface area contributed by atoms with Gasteiger partial charge in [0.15, 0.2) is 0 Å². The van der Waals surface area contributed by atoms with Crippen LogP contribution in [0.3, 0.4) is 0 Å². The predicted molar refractivity (Wildman–Crippen MR) is 118 cm³/mol. The second-order valence-electron chi connectivity index (χ2n) is 6.98. The first-order valence-corrected chi connectivity index (χ1v) is 10.8. The zero-order chi connectivity index (χ0) is 22.5. The van der Waals surface area contributed by atoms with E-state index in [0.29, 0.717) is 36.8 Å². The number of benzene rings is 1. The van der Waals surface area contributed by atoms with Gasteiger partial charge in [-0.05, 0) is 37.5 Å². The zero-order valence-corrected chi connectivity index (χ0v) is 19.0. The van der Waals surface area contributed by atoms with Crippen LogP contribution >= 0.6 is 23.2 Å². The molecule has 168 valence electrons. The molecule has 2 N–H and O–H groups in total. The van der Waals surface area contributed by atoms with Crippen molar-refractivity contribution in [2.75, 3.05) is 32.1 Å². The maximum Gasteiger partial charge on any atom is 0.303 e. The Bertz CT molecular complexity index is 705. The number of carbonyl (C=O) groups is 3. The van der Waals surface area contributed by atoms with Gasteiger partial charge in [0, 0.05) is 38.9 Å². The van der Waals surface area contributed by atoms with Gasteiger partial charge in [0.25, 0.3) is 0 Å². The van der Waals surface area contributed by atoms with Gasteiger partial charge in [0.05, 0.1) is 10.0 Å². The monoisotopic (exact) mass is 460 g/mol. The summed E-state index contributed by atoms with van der Waals surface area (Å²) in [6, 6.07) is 4.59. The van der Waals surface area contributed by atoms with Crippen LogP contribution in [0.25, 0.3) is 0 Å². The maximum absolute atomic E-state index is 13.2. The van der Waals surface area contributed by atoms with Crippen LogP contribution in [0.4, 0.5) is 5.69 Å². The Morgan fingerprint density at radius 2 is 1.83 bits per heavy atom. The molecule has 1 aromatic carbocycles. The highest BCUT2D eigenvalue weighted by molar-refractivity contribution is 6.42. The number of halogens is 2. The van der Waals surface area contributed by atoms with Crippen molar-refractivity contribution < 1.29 is 24.2 Å². The van der Waals surface area contributed by atoms with Crippen LogP contribution in [0.1, 0.15) is 45.4 Å². The number of amides is 2. The van der Waals surface area contributed by atoms with Crippen molar-refractivity contribution >= 4 is 46.7 Å². The molecule has 0 radical (unpaired) electrons. The van der Waals surface area contributed by atoms with Gasteiger partial charge in [-0.3, -0.25) is 14.4 Å². The third kappa shape index (κ3) is 9.32. The Morgan fingerprint density at radius 1 is 1.13 bits per heavy atom. The Labute approximate surface area is 187 Å². The molecular formula is C21H30Cl2N2O5. The minimum atomic E-state index is -1.11. The number of carboxylic acid groups (broad SMARTS) is 1. The molecule has 0 aliphatic carbocycles. The number of carboxylic acids is 1. The summed E-state index contributed by atoms with van der Waals surface area (Å²) in [5.74, 6) is -3.11. The van der Waals surface area contributed by atoms with Gasteiger partial charge in [0.2, 0.25) is 11.8 Å². The lowest BCUT2D eigenvalue weighted by atomic mass is 9.99. The first-order valence-electron chi connectivity index (χ1n) is 10.1. The van der Waals surface area contributed by atoms with Crippen molar-refractivity contribution in [3.8, 4) is 0 Å². The van der Waals surface area contributed by atoms with Crippen LogP contribution in [0.2, 0.25) is 10.0 Å². The molecule has 0 spiro atoms. The molecule has 1 unspecified atom stereocenters. The topological polar surface area (TPSA) is 95.9 Å². The number of ether oxygens (including phenoxy) is 1. The molecule has 1 atom stereocenters. The molecule has 1 rings (SSSR count). The van der Waals surface area contributed by atoms with Crippen molar-refractivity contribution in [3.05, 3.63) is 28.2 Å². The molecule has 0 saturated carbocycles. The molecule has 0 bridgehead atoms. The number of anilines is 1. The number of nitrogens with one attached hydrogen (secondary N) is 1. The third-order valence-corrected chi connectivity index (χ3v) is 5.31. The van der Waals surface area contributed by atoms with Gasteiger partial charge in [-0.2, -0.15) is 0 Å². The fraction of sp³-hybridized carbons (Fsp3) is 0.571. The number of rotatable bonds is 14. The number of hydrogen-bond donors (Lipinski definition) is 2. The predicted octanol–water partition coefficient (Wildman–Crippen LogP) is 4.47. The molecule has 7 nitrogen and oxygen atoms in total. The molecule has 2 amide bonds. The SMILES string of the molecule is CCCCCN(CCCOC)C(=O)C(CCC(=O)O)C(=O)Nc1ccc(Cl)c(Cl)c1. The van der Waals surface area contributed by atoms with E-state index in [0.717, 1.165) is 19.3 Å². The van der Waals surface area contributed by atoms with Gasteiger partial charge in [0.1, 0.15) is 5.92 Å². The van der Waals surface area contributed by atoms with E-state index in [9.17, 15) is 14.4 Å². The quantitative estimate of drug-likeness (QED) is 0.315. The second kappa shape index (κ2) is 14.2. The molecule has 9 heteroatoms. The summed E-state index contributed by atoms with van der Waals surface area (Å²) < 4.78 is 5.07. The van der Waals surface area contributed by atoms with E-state index in [4.69, 9.17) is 33.0 Å². The molecule has 0 aromatic heterocycles. The van der Waals surface area contributed by atoms with E-state index in [1.54, 1.807) is 18.1 Å². The van der Waals surface area contributed by atoms with Gasteiger partial charge >= 0.3 is 5.97 Å². The largest absolute Gasteiger partial charge is 0.481 e. The molecular weight excluding hydrogens is 431 g/mol. The van der Waals surface area contributed by atoms with E-state index in [2.05, 4.69) is 12.2 Å². The van der Waals surface area contributed by atoms with Gasteiger partial charge in [-0.15, -0.1) is 0 Å². The first kappa shape index (κ1) is 26.2. The minimum Gasteiger partial charge on any atom is -0.481 e. The van der Waals surface area contributed by atoms with Crippen LogP contribution in [0.15, 0.2) is 18.2 Å². The molecule has 0 aliphatic rings. The first-order chi connectivity index (χ1) is 14.3. The molecule has 1 aromatic rings. The van der Waals surface area contributed by atoms with E-state index in [1.165, 1.54) is 12.1 Å². The highest BCUT2D eigenvalue weighted by atomic mass is 35.5. The normalized spacial score (nSPS) is 11.7. The molecule has 30 heavy (non-hydrogen) atoms. The lowest BCUT2D eigenvalue weighted by molar-refractivity contribution is -0.142. The summed E-state index contributed by atoms with van der Waals surface area (Å²) in [4.78, 5) is 38.8. The van der Waals surface area contributed by atoms with Crippen molar-refractivity contribution in [1.82, 2.24) is 4.90 Å². The third-order valence-electron chi connectivity index (χ3n) is 4.57. The number of methoxy groups -OCH3 is 1. The molecule has 0 saturated heterocycles. The van der Waals surface area contributed by atoms with Crippen molar-refractivity contribution in [2.45, 2.75) is 45.4 Å². The number of nitrogens with zero attached hydrogens (tertiary/aromatic N) is 1.